The first-order valence-electron chi connectivity index (χ1n) is 10.6. The average Bonchev–Trinajstić information content (AvgIpc) is 2.69. The van der Waals surface area contributed by atoms with Gasteiger partial charge in [0.15, 0.2) is 0 Å². The molecule has 30 heavy (non-hydrogen) atoms. The van der Waals surface area contributed by atoms with Crippen molar-refractivity contribution in [3.8, 4) is 0 Å². The molecular weight excluding hydrogens is 378 g/mol. The van der Waals surface area contributed by atoms with Crippen LogP contribution in [0.3, 0.4) is 0 Å². The van der Waals surface area contributed by atoms with Gasteiger partial charge in [0.1, 0.15) is 6.61 Å². The summed E-state index contributed by atoms with van der Waals surface area (Å²) in [6.07, 6.45) is -0.415. The lowest BCUT2D eigenvalue weighted by Crippen LogP contribution is -2.66. The van der Waals surface area contributed by atoms with Crippen LogP contribution in [0.15, 0.2) is 24.3 Å². The number of hydrogen-bond donors (Lipinski definition) is 0. The molecule has 0 radical (unpaired) electrons. The Kier molecular flexibility index (Phi) is 8.35. The van der Waals surface area contributed by atoms with Crippen LogP contribution in [-0.4, -0.2) is 60.1 Å². The van der Waals surface area contributed by atoms with Gasteiger partial charge in [0, 0.05) is 38.8 Å². The minimum atomic E-state index is -0.646. The summed E-state index contributed by atoms with van der Waals surface area (Å²) in [5.74, 6) is -0.0682. The fraction of sp³-hybridized carbons (Fsp3) is 0.667. The van der Waals surface area contributed by atoms with Crippen LogP contribution in [0.25, 0.3) is 0 Å². The minimum Gasteiger partial charge on any atom is -0.445 e. The van der Waals surface area contributed by atoms with Crippen molar-refractivity contribution >= 4 is 17.7 Å². The lowest BCUT2D eigenvalue weighted by molar-refractivity contribution is -0.143. The smallest absolute Gasteiger partial charge is 0.410 e. The number of carbonyl (C=O) groups is 2. The molecular formula is C24H41N3O3. The fourth-order valence-electron chi connectivity index (χ4n) is 3.08. The van der Waals surface area contributed by atoms with Crippen LogP contribution in [0, 0.1) is 5.92 Å². The predicted octanol–water partition coefficient (Wildman–Crippen LogP) is 4.77. The molecule has 0 aliphatic heterocycles. The molecule has 1 rings (SSSR count). The Morgan fingerprint density at radius 3 is 1.77 bits per heavy atom. The first-order chi connectivity index (χ1) is 13.6. The zero-order chi connectivity index (χ0) is 23.4. The fourth-order valence-corrected chi connectivity index (χ4v) is 3.08. The van der Waals surface area contributed by atoms with Crippen molar-refractivity contribution in [1.29, 1.82) is 0 Å². The van der Waals surface area contributed by atoms with Crippen LogP contribution in [-0.2, 0) is 16.1 Å². The maximum Gasteiger partial charge on any atom is 0.410 e. The number of benzene rings is 1. The number of carbonyl (C=O) groups excluding carboxylic acids is 2. The molecule has 0 N–H and O–H groups in total. The second kappa shape index (κ2) is 9.71. The number of hydrogen-bond acceptors (Lipinski definition) is 4. The third-order valence-electron chi connectivity index (χ3n) is 6.75. The van der Waals surface area contributed by atoms with Gasteiger partial charge in [0.2, 0.25) is 5.91 Å². The van der Waals surface area contributed by atoms with E-state index in [1.54, 1.807) is 23.9 Å². The van der Waals surface area contributed by atoms with E-state index in [9.17, 15) is 9.59 Å². The minimum absolute atomic E-state index is 0.0429. The first-order valence-corrected chi connectivity index (χ1v) is 10.6. The first kappa shape index (κ1) is 25.8. The van der Waals surface area contributed by atoms with E-state index in [2.05, 4.69) is 25.8 Å². The van der Waals surface area contributed by atoms with Crippen molar-refractivity contribution in [3.05, 3.63) is 29.8 Å². The van der Waals surface area contributed by atoms with Gasteiger partial charge < -0.3 is 19.4 Å². The molecule has 2 amide bonds. The van der Waals surface area contributed by atoms with Crippen LogP contribution in [0.4, 0.5) is 10.5 Å². The highest BCUT2D eigenvalue weighted by molar-refractivity contribution is 5.79. The Hall–Kier alpha value is -2.24. The van der Waals surface area contributed by atoms with E-state index < -0.39 is 17.2 Å². The van der Waals surface area contributed by atoms with Crippen LogP contribution in [0.2, 0.25) is 0 Å². The van der Waals surface area contributed by atoms with Crippen molar-refractivity contribution in [2.24, 2.45) is 5.92 Å². The summed E-state index contributed by atoms with van der Waals surface area (Å²) in [5, 5.41) is 0. The summed E-state index contributed by atoms with van der Waals surface area (Å²) in [5.41, 5.74) is 0.818. The SMILES string of the molecule is CC(C)C(=O)N(C)C(C)(C)C(C)(C)N(C)C(=O)OCc1ccc(N(C)C(C)C)cc1. The Bertz CT molecular complexity index is 724. The van der Waals surface area contributed by atoms with Gasteiger partial charge >= 0.3 is 6.09 Å². The number of amides is 2. The van der Waals surface area contributed by atoms with Crippen LogP contribution in [0.1, 0.15) is 61.0 Å². The second-order valence-electron chi connectivity index (χ2n) is 9.65. The molecule has 0 spiro atoms. The third kappa shape index (κ3) is 5.46. The predicted molar refractivity (Wildman–Crippen MR) is 124 cm³/mol. The van der Waals surface area contributed by atoms with Gasteiger partial charge in [-0.2, -0.15) is 0 Å². The molecule has 0 fully saturated rings. The monoisotopic (exact) mass is 419 g/mol. The van der Waals surface area contributed by atoms with E-state index in [0.29, 0.717) is 6.04 Å². The molecule has 0 unspecified atom stereocenters. The summed E-state index contributed by atoms with van der Waals surface area (Å²) < 4.78 is 5.58. The van der Waals surface area contributed by atoms with Gasteiger partial charge in [-0.3, -0.25) is 4.79 Å². The third-order valence-corrected chi connectivity index (χ3v) is 6.75. The summed E-state index contributed by atoms with van der Waals surface area (Å²) in [4.78, 5) is 30.8. The molecule has 6 nitrogen and oxygen atoms in total. The Balaban J connectivity index is 2.84. The molecule has 0 aliphatic carbocycles. The molecule has 0 saturated carbocycles. The maximum absolute atomic E-state index is 12.8. The Morgan fingerprint density at radius 1 is 0.867 bits per heavy atom. The standard InChI is InChI=1S/C24H41N3O3/c1-17(2)21(28)26(10)23(5,6)24(7,8)27(11)22(29)30-16-19-12-14-20(15-13-19)25(9)18(3)4/h12-15,17-18H,16H2,1-11H3. The zero-order valence-corrected chi connectivity index (χ0v) is 20.7. The van der Waals surface area contributed by atoms with Crippen LogP contribution >= 0.6 is 0 Å². The summed E-state index contributed by atoms with van der Waals surface area (Å²) in [7, 11) is 5.57. The Labute approximate surface area is 183 Å². The lowest BCUT2D eigenvalue weighted by Gasteiger charge is -2.51. The number of ether oxygens (including phenoxy) is 1. The van der Waals surface area contributed by atoms with E-state index in [4.69, 9.17) is 4.74 Å². The zero-order valence-electron chi connectivity index (χ0n) is 20.7. The average molecular weight is 420 g/mol. The van der Waals surface area contributed by atoms with E-state index in [1.165, 1.54) is 0 Å². The van der Waals surface area contributed by atoms with Gasteiger partial charge in [-0.05, 0) is 59.2 Å². The van der Waals surface area contributed by atoms with Gasteiger partial charge in [-0.15, -0.1) is 0 Å². The van der Waals surface area contributed by atoms with Crippen molar-refractivity contribution in [3.63, 3.8) is 0 Å². The van der Waals surface area contributed by atoms with E-state index in [0.717, 1.165) is 11.3 Å². The molecule has 0 saturated heterocycles. The van der Waals surface area contributed by atoms with Gasteiger partial charge in [0.25, 0.3) is 0 Å². The van der Waals surface area contributed by atoms with Gasteiger partial charge in [-0.25, -0.2) is 4.79 Å². The highest BCUT2D eigenvalue weighted by Gasteiger charge is 2.47. The van der Waals surface area contributed by atoms with E-state index >= 15 is 0 Å². The lowest BCUT2D eigenvalue weighted by atomic mass is 9.79. The quantitative estimate of drug-likeness (QED) is 0.609. The molecule has 0 heterocycles. The molecule has 0 bridgehead atoms. The Morgan fingerprint density at radius 2 is 1.33 bits per heavy atom. The van der Waals surface area contributed by atoms with Crippen LogP contribution < -0.4 is 4.90 Å². The number of rotatable bonds is 8. The molecule has 6 heteroatoms. The number of likely N-dealkylation sites (N-methyl/N-ethyl adjacent to an activating group) is 2. The highest BCUT2D eigenvalue weighted by atomic mass is 16.6. The molecule has 0 atom stereocenters. The van der Waals surface area contributed by atoms with Crippen molar-refractivity contribution < 1.29 is 14.3 Å². The topological polar surface area (TPSA) is 53.1 Å². The maximum atomic E-state index is 12.8. The molecule has 170 valence electrons. The van der Waals surface area contributed by atoms with Crippen molar-refractivity contribution in [2.45, 2.75) is 79.1 Å². The van der Waals surface area contributed by atoms with E-state index in [-0.39, 0.29) is 18.4 Å². The van der Waals surface area contributed by atoms with Crippen molar-refractivity contribution in [1.82, 2.24) is 9.80 Å². The summed E-state index contributed by atoms with van der Waals surface area (Å²) >= 11 is 0. The number of nitrogens with zero attached hydrogens (tertiary/aromatic N) is 3. The summed E-state index contributed by atoms with van der Waals surface area (Å²) in [6, 6.07) is 8.43. The van der Waals surface area contributed by atoms with Gasteiger partial charge in [-0.1, -0.05) is 26.0 Å². The molecule has 0 aromatic heterocycles. The van der Waals surface area contributed by atoms with E-state index in [1.807, 2.05) is 65.8 Å². The number of anilines is 1. The second-order valence-corrected chi connectivity index (χ2v) is 9.65. The normalized spacial score (nSPS) is 12.2. The van der Waals surface area contributed by atoms with Crippen LogP contribution in [0.5, 0.6) is 0 Å². The largest absolute Gasteiger partial charge is 0.445 e. The highest BCUT2D eigenvalue weighted by Crippen LogP contribution is 2.33. The molecule has 1 aromatic carbocycles. The molecule has 0 aliphatic rings. The van der Waals surface area contributed by atoms with Crippen molar-refractivity contribution in [2.75, 3.05) is 26.0 Å². The molecule has 1 aromatic rings. The summed E-state index contributed by atoms with van der Waals surface area (Å²) in [6.45, 7) is 16.1. The van der Waals surface area contributed by atoms with Gasteiger partial charge in [0.05, 0.1) is 11.1 Å².